The number of thiophene rings is 2. The van der Waals surface area contributed by atoms with Gasteiger partial charge in [0.05, 0.1) is 9.75 Å². The Kier molecular flexibility index (Phi) is 7.07. The highest BCUT2D eigenvalue weighted by Crippen LogP contribution is 2.28. The molecule has 5 aromatic rings. The van der Waals surface area contributed by atoms with E-state index in [1.165, 1.54) is 22.7 Å². The molecule has 5 rings (SSSR count). The maximum atomic E-state index is 12.2. The molecule has 0 saturated carbocycles. The number of anilines is 2. The van der Waals surface area contributed by atoms with Crippen LogP contribution in [0.3, 0.4) is 0 Å². The van der Waals surface area contributed by atoms with Crippen molar-refractivity contribution in [3.05, 3.63) is 118 Å². The van der Waals surface area contributed by atoms with Crippen molar-refractivity contribution in [1.82, 2.24) is 0 Å². The first-order valence-corrected chi connectivity index (χ1v) is 12.7. The molecule has 36 heavy (non-hydrogen) atoms. The van der Waals surface area contributed by atoms with E-state index in [0.29, 0.717) is 44.1 Å². The van der Waals surface area contributed by atoms with Gasteiger partial charge in [0.1, 0.15) is 23.0 Å². The summed E-state index contributed by atoms with van der Waals surface area (Å²) in [5.74, 6) is 2.35. The van der Waals surface area contributed by atoms with Crippen LogP contribution in [0.25, 0.3) is 0 Å². The molecule has 0 atom stereocenters. The van der Waals surface area contributed by atoms with Crippen LogP contribution in [-0.4, -0.2) is 11.8 Å². The smallest absolute Gasteiger partial charge is 0.265 e. The Bertz CT molecular complexity index is 1320. The summed E-state index contributed by atoms with van der Waals surface area (Å²) in [7, 11) is 0. The van der Waals surface area contributed by atoms with E-state index in [0.717, 1.165) is 0 Å². The Labute approximate surface area is 215 Å². The summed E-state index contributed by atoms with van der Waals surface area (Å²) in [5, 5.41) is 9.46. The van der Waals surface area contributed by atoms with Gasteiger partial charge in [-0.3, -0.25) is 9.59 Å². The van der Waals surface area contributed by atoms with Gasteiger partial charge in [-0.15, -0.1) is 22.7 Å². The van der Waals surface area contributed by atoms with Gasteiger partial charge in [-0.2, -0.15) is 0 Å². The number of carbonyl (C=O) groups excluding carboxylic acids is 2. The standard InChI is InChI=1S/C28H20N2O4S2/c31-27(25-3-1-17-35-25)29-19-5-9-21(10-6-19)33-23-13-15-24(16-14-23)34-22-11-7-20(8-12-22)30-28(32)26-4-2-18-36-26/h1-18H,(H,29,31)(H,30,32). The number of hydrogen-bond donors (Lipinski definition) is 2. The van der Waals surface area contributed by atoms with Crippen LogP contribution in [0.5, 0.6) is 23.0 Å². The van der Waals surface area contributed by atoms with Crippen molar-refractivity contribution >= 4 is 45.9 Å². The van der Waals surface area contributed by atoms with Gasteiger partial charge in [0.25, 0.3) is 11.8 Å². The van der Waals surface area contributed by atoms with Gasteiger partial charge in [-0.1, -0.05) is 12.1 Å². The van der Waals surface area contributed by atoms with Crippen LogP contribution in [0.1, 0.15) is 19.3 Å². The summed E-state index contributed by atoms with van der Waals surface area (Å²) in [4.78, 5) is 25.6. The lowest BCUT2D eigenvalue weighted by atomic mass is 10.2. The molecule has 2 heterocycles. The van der Waals surface area contributed by atoms with Crippen molar-refractivity contribution in [3.8, 4) is 23.0 Å². The van der Waals surface area contributed by atoms with Gasteiger partial charge in [0, 0.05) is 11.4 Å². The number of ether oxygens (including phenoxy) is 2. The Balaban J connectivity index is 1.13. The fourth-order valence-corrected chi connectivity index (χ4v) is 4.50. The molecule has 0 aliphatic rings. The third-order valence-corrected chi connectivity index (χ3v) is 6.75. The zero-order valence-electron chi connectivity index (χ0n) is 18.8. The molecule has 0 aliphatic heterocycles. The van der Waals surface area contributed by atoms with Crippen molar-refractivity contribution in [1.29, 1.82) is 0 Å². The van der Waals surface area contributed by atoms with Crippen LogP contribution in [0.15, 0.2) is 108 Å². The second-order valence-electron chi connectivity index (χ2n) is 7.59. The molecule has 2 amide bonds. The van der Waals surface area contributed by atoms with E-state index in [9.17, 15) is 9.59 Å². The number of carbonyl (C=O) groups is 2. The van der Waals surface area contributed by atoms with Crippen molar-refractivity contribution in [3.63, 3.8) is 0 Å². The van der Waals surface area contributed by atoms with Gasteiger partial charge in [-0.05, 0) is 95.7 Å². The third kappa shape index (κ3) is 5.99. The number of benzene rings is 3. The van der Waals surface area contributed by atoms with E-state index in [1.807, 2.05) is 47.2 Å². The maximum absolute atomic E-state index is 12.2. The fraction of sp³-hybridized carbons (Fsp3) is 0. The van der Waals surface area contributed by atoms with Crippen LogP contribution >= 0.6 is 22.7 Å². The molecule has 0 saturated heterocycles. The molecule has 3 aromatic carbocycles. The summed E-state index contributed by atoms with van der Waals surface area (Å²) in [6.45, 7) is 0. The predicted octanol–water partition coefficient (Wildman–Crippen LogP) is 7.90. The molecule has 2 N–H and O–H groups in total. The minimum Gasteiger partial charge on any atom is -0.457 e. The summed E-state index contributed by atoms with van der Waals surface area (Å²) in [6.07, 6.45) is 0. The molecule has 6 nitrogen and oxygen atoms in total. The Morgan fingerprint density at radius 1 is 0.500 bits per heavy atom. The highest BCUT2D eigenvalue weighted by Gasteiger charge is 2.08. The van der Waals surface area contributed by atoms with Gasteiger partial charge in [-0.25, -0.2) is 0 Å². The van der Waals surface area contributed by atoms with E-state index in [2.05, 4.69) is 10.6 Å². The van der Waals surface area contributed by atoms with Crippen molar-refractivity contribution in [2.75, 3.05) is 10.6 Å². The molecule has 0 aliphatic carbocycles. The highest BCUT2D eigenvalue weighted by molar-refractivity contribution is 7.12. The van der Waals surface area contributed by atoms with E-state index < -0.39 is 0 Å². The minimum absolute atomic E-state index is 0.132. The molecule has 0 bridgehead atoms. The van der Waals surface area contributed by atoms with E-state index in [1.54, 1.807) is 60.7 Å². The quantitative estimate of drug-likeness (QED) is 0.222. The van der Waals surface area contributed by atoms with Gasteiger partial charge in [0.15, 0.2) is 0 Å². The third-order valence-electron chi connectivity index (χ3n) is 5.01. The normalized spacial score (nSPS) is 10.4. The lowest BCUT2D eigenvalue weighted by molar-refractivity contribution is 0.102. The van der Waals surface area contributed by atoms with Crippen LogP contribution in [0.4, 0.5) is 11.4 Å². The van der Waals surface area contributed by atoms with E-state index in [4.69, 9.17) is 9.47 Å². The molecular formula is C28H20N2O4S2. The Morgan fingerprint density at radius 3 is 1.14 bits per heavy atom. The highest BCUT2D eigenvalue weighted by atomic mass is 32.1. The zero-order valence-corrected chi connectivity index (χ0v) is 20.5. The molecule has 178 valence electrons. The second kappa shape index (κ2) is 10.9. The first kappa shape index (κ1) is 23.3. The topological polar surface area (TPSA) is 76.7 Å². The van der Waals surface area contributed by atoms with Crippen LogP contribution in [-0.2, 0) is 0 Å². The van der Waals surface area contributed by atoms with Gasteiger partial charge < -0.3 is 20.1 Å². The molecular weight excluding hydrogens is 492 g/mol. The monoisotopic (exact) mass is 512 g/mol. The molecule has 0 fully saturated rings. The number of hydrogen-bond acceptors (Lipinski definition) is 6. The maximum Gasteiger partial charge on any atom is 0.265 e. The zero-order chi connectivity index (χ0) is 24.7. The number of rotatable bonds is 8. The Morgan fingerprint density at radius 2 is 0.833 bits per heavy atom. The predicted molar refractivity (Wildman–Crippen MR) is 144 cm³/mol. The van der Waals surface area contributed by atoms with Crippen molar-refractivity contribution in [2.24, 2.45) is 0 Å². The average molecular weight is 513 g/mol. The number of amides is 2. The largest absolute Gasteiger partial charge is 0.457 e. The average Bonchev–Trinajstić information content (AvgIpc) is 3.63. The first-order valence-electron chi connectivity index (χ1n) is 11.0. The SMILES string of the molecule is O=C(Nc1ccc(Oc2ccc(Oc3ccc(NC(=O)c4cccs4)cc3)cc2)cc1)c1cccs1. The van der Waals surface area contributed by atoms with E-state index in [-0.39, 0.29) is 11.8 Å². The lowest BCUT2D eigenvalue weighted by Gasteiger charge is -2.10. The lowest BCUT2D eigenvalue weighted by Crippen LogP contribution is -2.09. The van der Waals surface area contributed by atoms with Gasteiger partial charge >= 0.3 is 0 Å². The van der Waals surface area contributed by atoms with E-state index >= 15 is 0 Å². The molecule has 0 radical (unpaired) electrons. The summed E-state index contributed by atoms with van der Waals surface area (Å²) >= 11 is 2.79. The van der Waals surface area contributed by atoms with Crippen LogP contribution < -0.4 is 20.1 Å². The molecule has 2 aromatic heterocycles. The summed E-state index contributed by atoms with van der Waals surface area (Å²) in [6, 6.07) is 28.9. The summed E-state index contributed by atoms with van der Waals surface area (Å²) in [5.41, 5.74) is 1.39. The second-order valence-corrected chi connectivity index (χ2v) is 9.48. The molecule has 0 spiro atoms. The van der Waals surface area contributed by atoms with Gasteiger partial charge in [0.2, 0.25) is 0 Å². The van der Waals surface area contributed by atoms with Crippen molar-refractivity contribution in [2.45, 2.75) is 0 Å². The number of nitrogens with one attached hydrogen (secondary N) is 2. The fourth-order valence-electron chi connectivity index (χ4n) is 3.26. The summed E-state index contributed by atoms with van der Waals surface area (Å²) < 4.78 is 11.8. The Hall–Kier alpha value is -4.40. The van der Waals surface area contributed by atoms with Crippen molar-refractivity contribution < 1.29 is 19.1 Å². The van der Waals surface area contributed by atoms with Crippen LogP contribution in [0, 0.1) is 0 Å². The molecule has 0 unspecified atom stereocenters. The minimum atomic E-state index is -0.132. The first-order chi connectivity index (χ1) is 17.6. The molecule has 8 heteroatoms. The van der Waals surface area contributed by atoms with Crippen LogP contribution in [0.2, 0.25) is 0 Å².